The standard InChI is InChI=1S/C17H24ClN3O3/c1-11-9-14(15(24-4)10-13(11)18)19-16(22)17(23)21(3)12-5-7-20(2)8-6-12/h9-10,12H,5-8H2,1-4H3,(H,19,22). The summed E-state index contributed by atoms with van der Waals surface area (Å²) in [6, 6.07) is 3.41. The number of amides is 2. The highest BCUT2D eigenvalue weighted by Gasteiger charge is 2.28. The van der Waals surface area contributed by atoms with Crippen LogP contribution in [0.3, 0.4) is 0 Å². The molecule has 1 aromatic rings. The molecule has 1 aromatic carbocycles. The zero-order valence-electron chi connectivity index (χ0n) is 14.6. The van der Waals surface area contributed by atoms with Crippen LogP contribution in [0.2, 0.25) is 5.02 Å². The van der Waals surface area contributed by atoms with Crippen LogP contribution in [0.5, 0.6) is 5.75 Å². The van der Waals surface area contributed by atoms with Gasteiger partial charge in [-0.2, -0.15) is 0 Å². The number of hydrogen-bond acceptors (Lipinski definition) is 4. The van der Waals surface area contributed by atoms with E-state index in [1.807, 2.05) is 6.92 Å². The van der Waals surface area contributed by atoms with E-state index in [-0.39, 0.29) is 6.04 Å². The van der Waals surface area contributed by atoms with Crippen LogP contribution < -0.4 is 10.1 Å². The van der Waals surface area contributed by atoms with E-state index in [0.29, 0.717) is 16.5 Å². The molecule has 24 heavy (non-hydrogen) atoms. The van der Waals surface area contributed by atoms with Gasteiger partial charge in [-0.05, 0) is 51.5 Å². The average Bonchev–Trinajstić information content (AvgIpc) is 2.57. The van der Waals surface area contributed by atoms with Gasteiger partial charge in [0.2, 0.25) is 0 Å². The number of piperidine rings is 1. The molecule has 0 aromatic heterocycles. The van der Waals surface area contributed by atoms with Gasteiger partial charge in [-0.15, -0.1) is 0 Å². The molecule has 0 unspecified atom stereocenters. The highest BCUT2D eigenvalue weighted by Crippen LogP contribution is 2.31. The average molecular weight is 354 g/mol. The molecule has 0 bridgehead atoms. The van der Waals surface area contributed by atoms with Crippen LogP contribution in [-0.4, -0.2) is 62.0 Å². The molecule has 0 spiro atoms. The van der Waals surface area contributed by atoms with Gasteiger partial charge >= 0.3 is 11.8 Å². The predicted molar refractivity (Wildman–Crippen MR) is 94.7 cm³/mol. The van der Waals surface area contributed by atoms with E-state index in [2.05, 4.69) is 17.3 Å². The molecule has 1 fully saturated rings. The molecule has 7 heteroatoms. The number of methoxy groups -OCH3 is 1. The molecule has 6 nitrogen and oxygen atoms in total. The van der Waals surface area contributed by atoms with Crippen LogP contribution in [-0.2, 0) is 9.59 Å². The number of hydrogen-bond donors (Lipinski definition) is 1. The quantitative estimate of drug-likeness (QED) is 0.846. The van der Waals surface area contributed by atoms with E-state index in [4.69, 9.17) is 16.3 Å². The number of carbonyl (C=O) groups excluding carboxylic acids is 2. The summed E-state index contributed by atoms with van der Waals surface area (Å²) in [6.07, 6.45) is 1.74. The van der Waals surface area contributed by atoms with Gasteiger partial charge in [0.15, 0.2) is 0 Å². The lowest BCUT2D eigenvalue weighted by molar-refractivity contribution is -0.144. The van der Waals surface area contributed by atoms with Crippen molar-refractivity contribution in [2.45, 2.75) is 25.8 Å². The summed E-state index contributed by atoms with van der Waals surface area (Å²) < 4.78 is 5.22. The Morgan fingerprint density at radius 3 is 2.54 bits per heavy atom. The highest BCUT2D eigenvalue weighted by molar-refractivity contribution is 6.39. The summed E-state index contributed by atoms with van der Waals surface area (Å²) in [5.41, 5.74) is 1.23. The Bertz CT molecular complexity index is 628. The van der Waals surface area contributed by atoms with Crippen LogP contribution >= 0.6 is 11.6 Å². The number of nitrogens with one attached hydrogen (secondary N) is 1. The lowest BCUT2D eigenvalue weighted by atomic mass is 10.0. The number of anilines is 1. The Morgan fingerprint density at radius 2 is 1.96 bits per heavy atom. The topological polar surface area (TPSA) is 61.9 Å². The molecule has 2 amide bonds. The fourth-order valence-corrected chi connectivity index (χ4v) is 2.97. The molecular formula is C17H24ClN3O3. The van der Waals surface area contributed by atoms with Crippen molar-refractivity contribution in [1.29, 1.82) is 0 Å². The first-order valence-corrected chi connectivity index (χ1v) is 8.32. The second-order valence-corrected chi connectivity index (χ2v) is 6.61. The molecule has 1 heterocycles. The largest absolute Gasteiger partial charge is 0.495 e. The third kappa shape index (κ3) is 4.19. The van der Waals surface area contributed by atoms with Crippen LogP contribution in [0.4, 0.5) is 5.69 Å². The molecule has 1 aliphatic rings. The van der Waals surface area contributed by atoms with Gasteiger partial charge in [0.05, 0.1) is 12.8 Å². The SMILES string of the molecule is COc1cc(Cl)c(C)cc1NC(=O)C(=O)N(C)C1CCN(C)CC1. The number of likely N-dealkylation sites (N-methyl/N-ethyl adjacent to an activating group) is 1. The number of rotatable bonds is 3. The fraction of sp³-hybridized carbons (Fsp3) is 0.529. The maximum absolute atomic E-state index is 12.4. The fourth-order valence-electron chi connectivity index (χ4n) is 2.81. The van der Waals surface area contributed by atoms with Crippen molar-refractivity contribution < 1.29 is 14.3 Å². The second kappa shape index (κ2) is 7.85. The van der Waals surface area contributed by atoms with E-state index < -0.39 is 11.8 Å². The number of ether oxygens (including phenoxy) is 1. The number of aryl methyl sites for hydroxylation is 1. The molecular weight excluding hydrogens is 330 g/mol. The zero-order chi connectivity index (χ0) is 17.9. The van der Waals surface area contributed by atoms with Crippen molar-refractivity contribution in [2.75, 3.05) is 39.6 Å². The summed E-state index contributed by atoms with van der Waals surface area (Å²) in [7, 11) is 5.23. The summed E-state index contributed by atoms with van der Waals surface area (Å²) in [5.74, 6) is -0.788. The molecule has 0 aliphatic carbocycles. The van der Waals surface area contributed by atoms with Crippen LogP contribution in [0.15, 0.2) is 12.1 Å². The van der Waals surface area contributed by atoms with Crippen molar-refractivity contribution >= 4 is 29.1 Å². The van der Waals surface area contributed by atoms with Crippen molar-refractivity contribution in [2.24, 2.45) is 0 Å². The van der Waals surface area contributed by atoms with Crippen molar-refractivity contribution in [3.63, 3.8) is 0 Å². The summed E-state index contributed by atoms with van der Waals surface area (Å²) >= 11 is 6.06. The lowest BCUT2D eigenvalue weighted by Crippen LogP contribution is -2.47. The number of likely N-dealkylation sites (tertiary alicyclic amines) is 1. The normalized spacial score (nSPS) is 15.9. The molecule has 132 valence electrons. The van der Waals surface area contributed by atoms with Gasteiger partial charge in [0.25, 0.3) is 0 Å². The number of benzene rings is 1. The predicted octanol–water partition coefficient (Wildman–Crippen LogP) is 2.15. The molecule has 1 aliphatic heterocycles. The summed E-state index contributed by atoms with van der Waals surface area (Å²) in [5, 5.41) is 3.18. The van der Waals surface area contributed by atoms with Gasteiger partial charge in [-0.1, -0.05) is 11.6 Å². The monoisotopic (exact) mass is 353 g/mol. The highest BCUT2D eigenvalue weighted by atomic mass is 35.5. The van der Waals surface area contributed by atoms with Gasteiger partial charge in [-0.3, -0.25) is 9.59 Å². The van der Waals surface area contributed by atoms with E-state index in [1.54, 1.807) is 19.2 Å². The van der Waals surface area contributed by atoms with Crippen LogP contribution in [0, 0.1) is 6.92 Å². The van der Waals surface area contributed by atoms with Crippen LogP contribution in [0.1, 0.15) is 18.4 Å². The Balaban J connectivity index is 2.06. The van der Waals surface area contributed by atoms with Gasteiger partial charge < -0.3 is 19.9 Å². The van der Waals surface area contributed by atoms with Crippen molar-refractivity contribution in [3.05, 3.63) is 22.7 Å². The minimum absolute atomic E-state index is 0.0910. The lowest BCUT2D eigenvalue weighted by Gasteiger charge is -2.34. The minimum atomic E-state index is -0.670. The molecule has 1 N–H and O–H groups in total. The zero-order valence-corrected chi connectivity index (χ0v) is 15.3. The number of nitrogens with zero attached hydrogens (tertiary/aromatic N) is 2. The molecule has 2 rings (SSSR count). The van der Waals surface area contributed by atoms with E-state index in [0.717, 1.165) is 31.5 Å². The molecule has 0 radical (unpaired) electrons. The van der Waals surface area contributed by atoms with E-state index in [1.165, 1.54) is 12.0 Å². The first-order valence-electron chi connectivity index (χ1n) is 7.94. The Hall–Kier alpha value is -1.79. The van der Waals surface area contributed by atoms with E-state index in [9.17, 15) is 9.59 Å². The first kappa shape index (κ1) is 18.5. The van der Waals surface area contributed by atoms with Gasteiger partial charge in [0.1, 0.15) is 5.75 Å². The third-order valence-electron chi connectivity index (χ3n) is 4.48. The maximum atomic E-state index is 12.4. The summed E-state index contributed by atoms with van der Waals surface area (Å²) in [6.45, 7) is 3.67. The molecule has 1 saturated heterocycles. The smallest absolute Gasteiger partial charge is 0.314 e. The summed E-state index contributed by atoms with van der Waals surface area (Å²) in [4.78, 5) is 28.5. The van der Waals surface area contributed by atoms with Crippen LogP contribution in [0.25, 0.3) is 0 Å². The van der Waals surface area contributed by atoms with E-state index >= 15 is 0 Å². The number of halogens is 1. The Kier molecular flexibility index (Phi) is 6.07. The Labute approximate surface area is 147 Å². The minimum Gasteiger partial charge on any atom is -0.495 e. The van der Waals surface area contributed by atoms with Crippen molar-refractivity contribution in [1.82, 2.24) is 9.80 Å². The van der Waals surface area contributed by atoms with Gasteiger partial charge in [-0.25, -0.2) is 0 Å². The first-order chi connectivity index (χ1) is 11.3. The van der Waals surface area contributed by atoms with Crippen molar-refractivity contribution in [3.8, 4) is 5.75 Å². The molecule has 0 atom stereocenters. The molecule has 0 saturated carbocycles. The third-order valence-corrected chi connectivity index (χ3v) is 4.89. The van der Waals surface area contributed by atoms with Gasteiger partial charge in [0, 0.05) is 24.2 Å². The Morgan fingerprint density at radius 1 is 1.33 bits per heavy atom. The second-order valence-electron chi connectivity index (χ2n) is 6.21. The maximum Gasteiger partial charge on any atom is 0.314 e. The number of carbonyl (C=O) groups is 2.